The molecule has 0 bridgehead atoms. The molecule has 0 fully saturated rings. The van der Waals surface area contributed by atoms with Crippen molar-refractivity contribution in [2.75, 3.05) is 5.73 Å². The number of benzene rings is 1. The Morgan fingerprint density at radius 2 is 2.18 bits per heavy atom. The van der Waals surface area contributed by atoms with Crippen LogP contribution in [0, 0.1) is 5.82 Å². The maximum Gasteiger partial charge on any atom is 0.254 e. The predicted octanol–water partition coefficient (Wildman–Crippen LogP) is 1.35. The lowest BCUT2D eigenvalue weighted by Gasteiger charge is -2.05. The summed E-state index contributed by atoms with van der Waals surface area (Å²) < 4.78 is 14.5. The molecule has 1 aromatic heterocycles. The van der Waals surface area contributed by atoms with Crippen molar-refractivity contribution in [3.8, 4) is 5.69 Å². The third kappa shape index (κ3) is 1.94. The quantitative estimate of drug-likeness (QED) is 0.848. The molecule has 17 heavy (non-hydrogen) atoms. The van der Waals surface area contributed by atoms with E-state index < -0.39 is 11.7 Å². The van der Waals surface area contributed by atoms with E-state index in [2.05, 4.69) is 5.10 Å². The van der Waals surface area contributed by atoms with Gasteiger partial charge in [-0.05, 0) is 12.1 Å². The molecule has 0 spiro atoms. The van der Waals surface area contributed by atoms with Crippen LogP contribution in [0.25, 0.3) is 5.69 Å². The topological polar surface area (TPSA) is 86.9 Å². The van der Waals surface area contributed by atoms with Crippen LogP contribution >= 0.6 is 11.6 Å². The van der Waals surface area contributed by atoms with Gasteiger partial charge in [-0.1, -0.05) is 11.6 Å². The zero-order valence-corrected chi connectivity index (χ0v) is 9.28. The highest BCUT2D eigenvalue weighted by molar-refractivity contribution is 6.30. The number of carbonyl (C=O) groups excluding carboxylic acids is 1. The van der Waals surface area contributed by atoms with Crippen LogP contribution < -0.4 is 11.5 Å². The van der Waals surface area contributed by atoms with Gasteiger partial charge in [0, 0.05) is 6.07 Å². The molecular formula is C10H8ClFN4O. The molecule has 2 rings (SSSR count). The van der Waals surface area contributed by atoms with Crippen LogP contribution in [0.5, 0.6) is 0 Å². The Bertz CT molecular complexity index is 596. The van der Waals surface area contributed by atoms with E-state index in [1.165, 1.54) is 23.0 Å². The van der Waals surface area contributed by atoms with Crippen molar-refractivity contribution < 1.29 is 9.18 Å². The van der Waals surface area contributed by atoms with E-state index in [-0.39, 0.29) is 16.4 Å². The van der Waals surface area contributed by atoms with Gasteiger partial charge in [0.05, 0.1) is 16.9 Å². The van der Waals surface area contributed by atoms with Gasteiger partial charge in [0.2, 0.25) is 0 Å². The molecule has 5 nitrogen and oxygen atoms in total. The summed E-state index contributed by atoms with van der Waals surface area (Å²) in [6.45, 7) is 0. The predicted molar refractivity (Wildman–Crippen MR) is 61.5 cm³/mol. The highest BCUT2D eigenvalue weighted by atomic mass is 35.5. The SMILES string of the molecule is NC(=O)c1cnn(-c2ccc(Cl)c(F)c2)c1N. The second-order valence-corrected chi connectivity index (χ2v) is 3.73. The normalized spacial score (nSPS) is 10.5. The van der Waals surface area contributed by atoms with Gasteiger partial charge in [-0.2, -0.15) is 5.10 Å². The molecule has 0 aliphatic rings. The van der Waals surface area contributed by atoms with E-state index in [0.29, 0.717) is 5.69 Å². The van der Waals surface area contributed by atoms with Gasteiger partial charge in [-0.3, -0.25) is 4.79 Å². The maximum absolute atomic E-state index is 13.3. The minimum atomic E-state index is -0.691. The lowest BCUT2D eigenvalue weighted by Crippen LogP contribution is -2.13. The summed E-state index contributed by atoms with van der Waals surface area (Å²) in [7, 11) is 0. The molecule has 0 unspecified atom stereocenters. The van der Waals surface area contributed by atoms with E-state index in [1.807, 2.05) is 0 Å². The van der Waals surface area contributed by atoms with Gasteiger partial charge in [0.25, 0.3) is 5.91 Å². The number of nitrogens with zero attached hydrogens (tertiary/aromatic N) is 2. The lowest BCUT2D eigenvalue weighted by atomic mass is 10.3. The van der Waals surface area contributed by atoms with Gasteiger partial charge in [0.15, 0.2) is 0 Å². The van der Waals surface area contributed by atoms with Crippen molar-refractivity contribution in [3.63, 3.8) is 0 Å². The van der Waals surface area contributed by atoms with Crippen molar-refractivity contribution in [2.45, 2.75) is 0 Å². The van der Waals surface area contributed by atoms with Crippen molar-refractivity contribution in [1.29, 1.82) is 0 Å². The molecule has 0 aliphatic carbocycles. The molecule has 0 aliphatic heterocycles. The molecule has 1 heterocycles. The van der Waals surface area contributed by atoms with E-state index in [9.17, 15) is 9.18 Å². The molecule has 2 aromatic rings. The number of hydrogen-bond donors (Lipinski definition) is 2. The van der Waals surface area contributed by atoms with Gasteiger partial charge in [-0.15, -0.1) is 0 Å². The monoisotopic (exact) mass is 254 g/mol. The largest absolute Gasteiger partial charge is 0.383 e. The van der Waals surface area contributed by atoms with Crippen molar-refractivity contribution in [3.05, 3.63) is 40.8 Å². The third-order valence-corrected chi connectivity index (χ3v) is 2.53. The molecule has 4 N–H and O–H groups in total. The highest BCUT2D eigenvalue weighted by Crippen LogP contribution is 2.21. The molecule has 0 saturated carbocycles. The molecule has 0 saturated heterocycles. The Balaban J connectivity index is 2.53. The fourth-order valence-electron chi connectivity index (χ4n) is 1.37. The summed E-state index contributed by atoms with van der Waals surface area (Å²) in [5.74, 6) is -1.23. The molecule has 7 heteroatoms. The Labute approximate surface area is 101 Å². The second kappa shape index (κ2) is 4.06. The first-order chi connectivity index (χ1) is 8.00. The van der Waals surface area contributed by atoms with E-state index in [0.717, 1.165) is 6.07 Å². The first-order valence-corrected chi connectivity index (χ1v) is 4.97. The fourth-order valence-corrected chi connectivity index (χ4v) is 1.49. The summed E-state index contributed by atoms with van der Waals surface area (Å²) in [5, 5.41) is 3.85. The molecular weight excluding hydrogens is 247 g/mol. The molecule has 88 valence electrons. The number of nitrogen functional groups attached to an aromatic ring is 1. The fraction of sp³-hybridized carbons (Fsp3) is 0. The number of primary amides is 1. The molecule has 1 amide bonds. The van der Waals surface area contributed by atoms with Crippen molar-refractivity contribution in [2.24, 2.45) is 5.73 Å². The summed E-state index contributed by atoms with van der Waals surface area (Å²) in [4.78, 5) is 11.0. The summed E-state index contributed by atoms with van der Waals surface area (Å²) in [6, 6.07) is 4.06. The summed E-state index contributed by atoms with van der Waals surface area (Å²) in [6.07, 6.45) is 1.23. The smallest absolute Gasteiger partial charge is 0.254 e. The zero-order chi connectivity index (χ0) is 12.6. The van der Waals surface area contributed by atoms with Crippen molar-refractivity contribution >= 4 is 23.3 Å². The average molecular weight is 255 g/mol. The van der Waals surface area contributed by atoms with Crippen LogP contribution in [0.2, 0.25) is 5.02 Å². The van der Waals surface area contributed by atoms with Crippen molar-refractivity contribution in [1.82, 2.24) is 9.78 Å². The lowest BCUT2D eigenvalue weighted by molar-refractivity contribution is 0.100. The number of amides is 1. The Morgan fingerprint density at radius 3 is 2.71 bits per heavy atom. The number of nitrogens with two attached hydrogens (primary N) is 2. The standard InChI is InChI=1S/C10H8ClFN4O/c11-7-2-1-5(3-8(7)12)16-9(13)6(4-15-16)10(14)17/h1-4H,13H2,(H2,14,17). The summed E-state index contributed by atoms with van der Waals surface area (Å²) >= 11 is 5.55. The highest BCUT2D eigenvalue weighted by Gasteiger charge is 2.14. The molecule has 0 radical (unpaired) electrons. The first-order valence-electron chi connectivity index (χ1n) is 4.59. The molecule has 1 aromatic carbocycles. The minimum Gasteiger partial charge on any atom is -0.383 e. The average Bonchev–Trinajstić information content (AvgIpc) is 2.64. The Hall–Kier alpha value is -2.08. The third-order valence-electron chi connectivity index (χ3n) is 2.22. The van der Waals surface area contributed by atoms with Crippen LogP contribution in [-0.4, -0.2) is 15.7 Å². The number of rotatable bonds is 2. The minimum absolute atomic E-state index is 0.00500. The number of hydrogen-bond acceptors (Lipinski definition) is 3. The van der Waals surface area contributed by atoms with E-state index in [1.54, 1.807) is 0 Å². The van der Waals surface area contributed by atoms with Crippen LogP contribution in [0.15, 0.2) is 24.4 Å². The van der Waals surface area contributed by atoms with Crippen LogP contribution in [0.3, 0.4) is 0 Å². The number of halogens is 2. The van der Waals surface area contributed by atoms with Gasteiger partial charge in [-0.25, -0.2) is 9.07 Å². The summed E-state index contributed by atoms with van der Waals surface area (Å²) in [5.41, 5.74) is 11.2. The number of aromatic nitrogens is 2. The van der Waals surface area contributed by atoms with Crippen LogP contribution in [0.4, 0.5) is 10.2 Å². The first kappa shape index (κ1) is 11.4. The zero-order valence-electron chi connectivity index (χ0n) is 8.52. The maximum atomic E-state index is 13.3. The number of anilines is 1. The Kier molecular flexibility index (Phi) is 2.72. The molecule has 0 atom stereocenters. The van der Waals surface area contributed by atoms with Crippen LogP contribution in [-0.2, 0) is 0 Å². The number of carbonyl (C=O) groups is 1. The van der Waals surface area contributed by atoms with E-state index >= 15 is 0 Å². The van der Waals surface area contributed by atoms with E-state index in [4.69, 9.17) is 23.1 Å². The van der Waals surface area contributed by atoms with Gasteiger partial charge in [0.1, 0.15) is 17.2 Å². The second-order valence-electron chi connectivity index (χ2n) is 3.32. The van der Waals surface area contributed by atoms with Crippen LogP contribution in [0.1, 0.15) is 10.4 Å². The Morgan fingerprint density at radius 1 is 1.47 bits per heavy atom. The van der Waals surface area contributed by atoms with Gasteiger partial charge < -0.3 is 11.5 Å². The van der Waals surface area contributed by atoms with Gasteiger partial charge >= 0.3 is 0 Å².